The second-order valence-corrected chi connectivity index (χ2v) is 11.7. The van der Waals surface area contributed by atoms with Crippen molar-refractivity contribution >= 4 is 57.5 Å². The van der Waals surface area contributed by atoms with Gasteiger partial charge in [0.15, 0.2) is 11.0 Å². The Morgan fingerprint density at radius 1 is 1.11 bits per heavy atom. The zero-order valence-corrected chi connectivity index (χ0v) is 26.0. The summed E-state index contributed by atoms with van der Waals surface area (Å²) >= 11 is 7.66. The molecule has 1 N–H and O–H groups in total. The predicted molar refractivity (Wildman–Crippen MR) is 170 cm³/mol. The van der Waals surface area contributed by atoms with E-state index in [4.69, 9.17) is 11.6 Å². The van der Waals surface area contributed by atoms with Crippen molar-refractivity contribution in [3.63, 3.8) is 0 Å². The van der Waals surface area contributed by atoms with Gasteiger partial charge in [-0.3, -0.25) is 9.69 Å². The molecule has 1 saturated heterocycles. The van der Waals surface area contributed by atoms with Crippen LogP contribution in [0.15, 0.2) is 72.0 Å². The van der Waals surface area contributed by atoms with E-state index < -0.39 is 12.4 Å². The van der Waals surface area contributed by atoms with Crippen LogP contribution in [0.4, 0.5) is 35.0 Å². The van der Waals surface area contributed by atoms with Gasteiger partial charge in [-0.2, -0.15) is 4.99 Å². The van der Waals surface area contributed by atoms with Gasteiger partial charge in [0.25, 0.3) is 0 Å². The number of aliphatic imine (C=N–C) groups is 1. The van der Waals surface area contributed by atoms with Crippen LogP contribution in [0.1, 0.15) is 25.3 Å². The number of hydrogen-bond acceptors (Lipinski definition) is 7. The zero-order valence-electron chi connectivity index (χ0n) is 24.5. The van der Waals surface area contributed by atoms with Gasteiger partial charge in [0.2, 0.25) is 5.91 Å². The predicted octanol–water partition coefficient (Wildman–Crippen LogP) is 7.34. The van der Waals surface area contributed by atoms with Gasteiger partial charge in [-0.25, -0.2) is 14.5 Å². The summed E-state index contributed by atoms with van der Waals surface area (Å²) in [6, 6.07) is 15.1. The Morgan fingerprint density at radius 3 is 2.49 bits per heavy atom. The molecule has 3 amide bonds. The van der Waals surface area contributed by atoms with E-state index in [0.29, 0.717) is 22.8 Å². The highest BCUT2D eigenvalue weighted by atomic mass is 35.5. The van der Waals surface area contributed by atoms with Crippen molar-refractivity contribution in [2.24, 2.45) is 4.99 Å². The number of ether oxygens (including phenoxy) is 1. The minimum Gasteiger partial charge on any atom is -0.406 e. The Balaban J connectivity index is 1.32. The van der Waals surface area contributed by atoms with Gasteiger partial charge < -0.3 is 15.0 Å². The van der Waals surface area contributed by atoms with Crippen molar-refractivity contribution in [1.82, 2.24) is 14.8 Å². The van der Waals surface area contributed by atoms with Gasteiger partial charge >= 0.3 is 12.4 Å². The first kappa shape index (κ1) is 31.9. The van der Waals surface area contributed by atoms with E-state index in [1.54, 1.807) is 18.2 Å². The average Bonchev–Trinajstić information content (AvgIpc) is 3.60. The largest absolute Gasteiger partial charge is 0.573 e. The standard InChI is InChI=1S/C30H27ClF3N7O3S/c1-17(2)22-11-8-20(39(3)4)14-25(22)41-26(42)15-45-29(41)37-28(43)36-24-12-5-18(13-23(24)31)27-35-16-40(38-27)19-6-9-21(10-7-19)44-30(32,33)34/h5-14,16-17H,15H2,1-4H3,(H,36,43)/b37-29-. The highest BCUT2D eigenvalue weighted by Crippen LogP contribution is 2.36. The molecule has 0 unspecified atom stereocenters. The maximum atomic E-state index is 13.0. The first-order valence-electron chi connectivity index (χ1n) is 13.5. The summed E-state index contributed by atoms with van der Waals surface area (Å²) in [7, 11) is 3.82. The lowest BCUT2D eigenvalue weighted by Gasteiger charge is -2.24. The van der Waals surface area contributed by atoms with Crippen LogP contribution < -0.4 is 19.9 Å². The lowest BCUT2D eigenvalue weighted by molar-refractivity contribution is -0.274. The number of aromatic nitrogens is 3. The van der Waals surface area contributed by atoms with Crippen LogP contribution in [0.25, 0.3) is 17.1 Å². The number of carbonyl (C=O) groups excluding carboxylic acids is 2. The van der Waals surface area contributed by atoms with Gasteiger partial charge in [0.1, 0.15) is 12.1 Å². The summed E-state index contributed by atoms with van der Waals surface area (Å²) in [5.41, 5.74) is 3.81. The Labute approximate surface area is 265 Å². The molecule has 0 radical (unpaired) electrons. The zero-order chi connectivity index (χ0) is 32.5. The van der Waals surface area contributed by atoms with E-state index >= 15 is 0 Å². The number of rotatable bonds is 7. The average molecular weight is 658 g/mol. The second-order valence-electron chi connectivity index (χ2n) is 10.4. The molecule has 0 bridgehead atoms. The quantitative estimate of drug-likeness (QED) is 0.222. The lowest BCUT2D eigenvalue weighted by atomic mass is 9.99. The molecule has 1 aliphatic rings. The van der Waals surface area contributed by atoms with Gasteiger partial charge in [0.05, 0.1) is 27.8 Å². The highest BCUT2D eigenvalue weighted by Gasteiger charge is 2.33. The molecule has 0 spiro atoms. The summed E-state index contributed by atoms with van der Waals surface area (Å²) in [6.07, 6.45) is -3.38. The second kappa shape index (κ2) is 12.8. The number of urea groups is 1. The Bertz CT molecular complexity index is 1780. The van der Waals surface area contributed by atoms with Crippen molar-refractivity contribution in [1.29, 1.82) is 0 Å². The van der Waals surface area contributed by atoms with E-state index in [1.807, 2.05) is 51.0 Å². The molecule has 15 heteroatoms. The molecule has 0 aliphatic carbocycles. The first-order valence-corrected chi connectivity index (χ1v) is 14.9. The molecular formula is C30H27ClF3N7O3S. The molecule has 5 rings (SSSR count). The van der Waals surface area contributed by atoms with Crippen molar-refractivity contribution in [3.05, 3.63) is 77.6 Å². The number of amides is 3. The van der Waals surface area contributed by atoms with Gasteiger partial charge in [0, 0.05) is 25.3 Å². The third-order valence-corrected chi connectivity index (χ3v) is 7.89. The monoisotopic (exact) mass is 657 g/mol. The van der Waals surface area contributed by atoms with Gasteiger partial charge in [-0.05, 0) is 66.1 Å². The smallest absolute Gasteiger partial charge is 0.406 e. The number of nitrogens with one attached hydrogen (secondary N) is 1. The SMILES string of the molecule is CC(C)c1ccc(N(C)C)cc1N1C(=O)CS/C1=N\C(=O)Nc1ccc(-c2ncn(-c3ccc(OC(F)(F)F)cc3)n2)cc1Cl. The van der Waals surface area contributed by atoms with Crippen LogP contribution in [0, 0.1) is 0 Å². The maximum absolute atomic E-state index is 13.0. The molecular weight excluding hydrogens is 631 g/mol. The maximum Gasteiger partial charge on any atom is 0.573 e. The third-order valence-electron chi connectivity index (χ3n) is 6.65. The molecule has 0 saturated carbocycles. The number of alkyl halides is 3. The van der Waals surface area contributed by atoms with Crippen molar-refractivity contribution in [2.75, 3.05) is 35.0 Å². The summed E-state index contributed by atoms with van der Waals surface area (Å²) in [4.78, 5) is 37.8. The van der Waals surface area contributed by atoms with Crippen molar-refractivity contribution < 1.29 is 27.5 Å². The van der Waals surface area contributed by atoms with E-state index in [-0.39, 0.29) is 39.2 Å². The minimum absolute atomic E-state index is 0.126. The van der Waals surface area contributed by atoms with E-state index in [9.17, 15) is 22.8 Å². The topological polar surface area (TPSA) is 105 Å². The fourth-order valence-corrected chi connectivity index (χ4v) is 5.57. The summed E-state index contributed by atoms with van der Waals surface area (Å²) in [5.74, 6) is 0.0376. The number of thioether (sulfide) groups is 1. The Hall–Kier alpha value is -4.56. The third kappa shape index (κ3) is 7.40. The number of nitrogens with zero attached hydrogens (tertiary/aromatic N) is 6. The van der Waals surface area contributed by atoms with Crippen molar-refractivity contribution in [2.45, 2.75) is 26.1 Å². The number of halogens is 4. The Morgan fingerprint density at radius 2 is 1.84 bits per heavy atom. The fraction of sp³-hybridized carbons (Fsp3) is 0.233. The normalized spacial score (nSPS) is 14.4. The lowest BCUT2D eigenvalue weighted by Crippen LogP contribution is -2.31. The van der Waals surface area contributed by atoms with E-state index in [0.717, 1.165) is 11.3 Å². The number of amidine groups is 1. The molecule has 3 aromatic carbocycles. The molecule has 4 aromatic rings. The molecule has 1 aliphatic heterocycles. The summed E-state index contributed by atoms with van der Waals surface area (Å²) < 4.78 is 42.6. The first-order chi connectivity index (χ1) is 21.3. The van der Waals surface area contributed by atoms with Crippen LogP contribution in [0.2, 0.25) is 5.02 Å². The van der Waals surface area contributed by atoms with Gasteiger partial charge in [-0.15, -0.1) is 18.3 Å². The van der Waals surface area contributed by atoms with Crippen LogP contribution in [-0.4, -0.2) is 58.1 Å². The Kier molecular flexibility index (Phi) is 9.07. The molecule has 1 aromatic heterocycles. The van der Waals surface area contributed by atoms with Crippen LogP contribution >= 0.6 is 23.4 Å². The van der Waals surface area contributed by atoms with Crippen molar-refractivity contribution in [3.8, 4) is 22.8 Å². The number of hydrogen-bond donors (Lipinski definition) is 1. The molecule has 45 heavy (non-hydrogen) atoms. The summed E-state index contributed by atoms with van der Waals surface area (Å²) in [5, 5.41) is 7.49. The molecule has 2 heterocycles. The molecule has 0 atom stereocenters. The molecule has 1 fully saturated rings. The minimum atomic E-state index is -4.79. The van der Waals surface area contributed by atoms with E-state index in [1.165, 1.54) is 51.9 Å². The number of carbonyl (C=O) groups is 2. The number of anilines is 3. The fourth-order valence-electron chi connectivity index (χ4n) is 4.48. The van der Waals surface area contributed by atoms with Gasteiger partial charge in [-0.1, -0.05) is 43.3 Å². The molecule has 234 valence electrons. The van der Waals surface area contributed by atoms with Crippen LogP contribution in [-0.2, 0) is 4.79 Å². The summed E-state index contributed by atoms with van der Waals surface area (Å²) in [6.45, 7) is 4.07. The van der Waals surface area contributed by atoms with Crippen LogP contribution in [0.3, 0.4) is 0 Å². The van der Waals surface area contributed by atoms with Crippen LogP contribution in [0.5, 0.6) is 5.75 Å². The van der Waals surface area contributed by atoms with E-state index in [2.05, 4.69) is 25.1 Å². The number of benzene rings is 3. The highest BCUT2D eigenvalue weighted by molar-refractivity contribution is 8.15. The molecule has 10 nitrogen and oxygen atoms in total.